The molecule has 0 bridgehead atoms. The molecule has 2 aromatic heterocycles. The zero-order valence-electron chi connectivity index (χ0n) is 13.6. The Bertz CT molecular complexity index is 1080. The minimum atomic E-state index is -0.708. The monoisotopic (exact) mass is 362 g/mol. The van der Waals surface area contributed by atoms with Gasteiger partial charge >= 0.3 is 11.7 Å². The van der Waals surface area contributed by atoms with Crippen molar-refractivity contribution in [3.63, 3.8) is 0 Å². The van der Waals surface area contributed by atoms with E-state index < -0.39 is 23.8 Å². The van der Waals surface area contributed by atoms with E-state index in [1.54, 1.807) is 31.3 Å². The van der Waals surface area contributed by atoms with E-state index in [9.17, 15) is 14.4 Å². The van der Waals surface area contributed by atoms with Crippen LogP contribution in [0.3, 0.4) is 0 Å². The lowest BCUT2D eigenvalue weighted by atomic mass is 10.2. The highest BCUT2D eigenvalue weighted by Crippen LogP contribution is 2.15. The van der Waals surface area contributed by atoms with E-state index in [0.717, 1.165) is 4.57 Å². The third kappa shape index (κ3) is 3.08. The van der Waals surface area contributed by atoms with Crippen LogP contribution in [-0.4, -0.2) is 24.7 Å². The van der Waals surface area contributed by atoms with Gasteiger partial charge in [-0.15, -0.1) is 0 Å². The summed E-state index contributed by atoms with van der Waals surface area (Å²) < 4.78 is 8.69. The standard InChI is InChI=1S/C16H15ClN4O4/c1-19-9-18-14-13(19)15(23)21(16(24)20(14)2)7-12(22)25-8-10-5-3-4-6-11(10)17/h3-6,9H,7-8H2,1-2H3. The summed E-state index contributed by atoms with van der Waals surface area (Å²) >= 11 is 6.00. The van der Waals surface area contributed by atoms with E-state index in [2.05, 4.69) is 4.98 Å². The number of carbonyl (C=O) groups excluding carboxylic acids is 1. The maximum absolute atomic E-state index is 12.5. The fraction of sp³-hybridized carbons (Fsp3) is 0.250. The Kier molecular flexibility index (Phi) is 4.45. The van der Waals surface area contributed by atoms with Crippen LogP contribution in [0.5, 0.6) is 0 Å². The predicted octanol–water partition coefficient (Wildman–Crippen LogP) is 0.830. The molecular weight excluding hydrogens is 348 g/mol. The summed E-state index contributed by atoms with van der Waals surface area (Å²) in [6.45, 7) is -0.529. The van der Waals surface area contributed by atoms with E-state index in [1.165, 1.54) is 22.5 Å². The number of aromatic nitrogens is 4. The van der Waals surface area contributed by atoms with Gasteiger partial charge < -0.3 is 9.30 Å². The topological polar surface area (TPSA) is 88.1 Å². The number of benzene rings is 1. The minimum absolute atomic E-state index is 0.0402. The Hall–Kier alpha value is -2.87. The number of halogens is 1. The van der Waals surface area contributed by atoms with Crippen molar-refractivity contribution in [2.45, 2.75) is 13.2 Å². The molecule has 25 heavy (non-hydrogen) atoms. The van der Waals surface area contributed by atoms with Crippen molar-refractivity contribution in [2.24, 2.45) is 14.1 Å². The number of nitrogens with zero attached hydrogens (tertiary/aromatic N) is 4. The van der Waals surface area contributed by atoms with Crippen molar-refractivity contribution >= 4 is 28.7 Å². The van der Waals surface area contributed by atoms with Crippen LogP contribution >= 0.6 is 11.6 Å². The molecule has 0 unspecified atom stereocenters. The van der Waals surface area contributed by atoms with E-state index in [-0.39, 0.29) is 17.8 Å². The quantitative estimate of drug-likeness (QED) is 0.641. The van der Waals surface area contributed by atoms with Crippen LogP contribution in [0.1, 0.15) is 5.56 Å². The van der Waals surface area contributed by atoms with Gasteiger partial charge in [0, 0.05) is 24.7 Å². The van der Waals surface area contributed by atoms with Crippen LogP contribution in [0, 0.1) is 0 Å². The Morgan fingerprint density at radius 3 is 2.68 bits per heavy atom. The smallest absolute Gasteiger partial charge is 0.333 e. The van der Waals surface area contributed by atoms with Gasteiger partial charge in [-0.1, -0.05) is 29.8 Å². The van der Waals surface area contributed by atoms with E-state index in [0.29, 0.717) is 10.6 Å². The summed E-state index contributed by atoms with van der Waals surface area (Å²) in [5, 5.41) is 0.472. The largest absolute Gasteiger partial charge is 0.459 e. The van der Waals surface area contributed by atoms with Crippen LogP contribution in [-0.2, 0) is 36.8 Å². The first-order chi connectivity index (χ1) is 11.9. The van der Waals surface area contributed by atoms with Gasteiger partial charge in [0.25, 0.3) is 5.56 Å². The molecule has 0 aliphatic carbocycles. The Labute approximate surface area is 146 Å². The van der Waals surface area contributed by atoms with Crippen LogP contribution in [0.25, 0.3) is 11.2 Å². The van der Waals surface area contributed by atoms with Crippen LogP contribution in [0.2, 0.25) is 5.02 Å². The van der Waals surface area contributed by atoms with Crippen molar-refractivity contribution in [3.05, 3.63) is 62.0 Å². The summed E-state index contributed by atoms with van der Waals surface area (Å²) in [4.78, 5) is 40.9. The van der Waals surface area contributed by atoms with Crippen molar-refractivity contribution in [2.75, 3.05) is 0 Å². The van der Waals surface area contributed by atoms with Crippen molar-refractivity contribution in [3.8, 4) is 0 Å². The number of hydrogen-bond acceptors (Lipinski definition) is 5. The number of hydrogen-bond donors (Lipinski definition) is 0. The summed E-state index contributed by atoms with van der Waals surface area (Å²) in [5.41, 5.74) is -0.0854. The summed E-state index contributed by atoms with van der Waals surface area (Å²) in [6, 6.07) is 6.94. The molecule has 9 heteroatoms. The number of ether oxygens (including phenoxy) is 1. The molecule has 3 aromatic rings. The number of fused-ring (bicyclic) bond motifs is 1. The average Bonchev–Trinajstić information content (AvgIpc) is 2.98. The number of aryl methyl sites for hydroxylation is 2. The molecular formula is C16H15ClN4O4. The second kappa shape index (κ2) is 6.56. The Morgan fingerprint density at radius 2 is 1.96 bits per heavy atom. The SMILES string of the molecule is Cn1cnc2c1c(=O)n(CC(=O)OCc1ccccc1Cl)c(=O)n2C. The second-order valence-electron chi connectivity index (χ2n) is 5.51. The molecule has 130 valence electrons. The van der Waals surface area contributed by atoms with Gasteiger partial charge in [0.05, 0.1) is 6.33 Å². The molecule has 3 rings (SSSR count). The van der Waals surface area contributed by atoms with Crippen LogP contribution in [0.15, 0.2) is 40.2 Å². The molecule has 0 spiro atoms. The molecule has 1 aromatic carbocycles. The highest BCUT2D eigenvalue weighted by atomic mass is 35.5. The molecule has 0 radical (unpaired) electrons. The molecule has 0 N–H and O–H groups in total. The molecule has 2 heterocycles. The van der Waals surface area contributed by atoms with Crippen molar-refractivity contribution in [1.29, 1.82) is 0 Å². The summed E-state index contributed by atoms with van der Waals surface area (Å²) in [5.74, 6) is -0.708. The maximum atomic E-state index is 12.5. The third-order valence-corrected chi connectivity index (χ3v) is 4.20. The summed E-state index contributed by atoms with van der Waals surface area (Å²) in [7, 11) is 3.13. The van der Waals surface area contributed by atoms with Crippen molar-refractivity contribution in [1.82, 2.24) is 18.7 Å². The Morgan fingerprint density at radius 1 is 1.24 bits per heavy atom. The van der Waals surface area contributed by atoms with E-state index in [4.69, 9.17) is 16.3 Å². The molecule has 0 aliphatic heterocycles. The number of rotatable bonds is 4. The van der Waals surface area contributed by atoms with Gasteiger partial charge in [0.1, 0.15) is 13.2 Å². The number of esters is 1. The highest BCUT2D eigenvalue weighted by Gasteiger charge is 2.17. The van der Waals surface area contributed by atoms with E-state index >= 15 is 0 Å². The van der Waals surface area contributed by atoms with Crippen LogP contribution in [0.4, 0.5) is 0 Å². The lowest BCUT2D eigenvalue weighted by Crippen LogP contribution is -2.41. The van der Waals surface area contributed by atoms with E-state index in [1.807, 2.05) is 0 Å². The van der Waals surface area contributed by atoms with Gasteiger partial charge in [-0.2, -0.15) is 0 Å². The fourth-order valence-corrected chi connectivity index (χ4v) is 2.67. The first kappa shape index (κ1) is 17.0. The van der Waals surface area contributed by atoms with Crippen LogP contribution < -0.4 is 11.2 Å². The first-order valence-corrected chi connectivity index (χ1v) is 7.78. The van der Waals surface area contributed by atoms with Crippen molar-refractivity contribution < 1.29 is 9.53 Å². The molecule has 0 amide bonds. The molecule has 0 atom stereocenters. The molecule has 0 saturated heterocycles. The lowest BCUT2D eigenvalue weighted by molar-refractivity contribution is -0.145. The van der Waals surface area contributed by atoms with Gasteiger partial charge in [-0.25, -0.2) is 14.3 Å². The first-order valence-electron chi connectivity index (χ1n) is 7.40. The summed E-state index contributed by atoms with van der Waals surface area (Å²) in [6.07, 6.45) is 1.44. The van der Waals surface area contributed by atoms with Gasteiger partial charge in [0.2, 0.25) is 0 Å². The van der Waals surface area contributed by atoms with Gasteiger partial charge in [-0.3, -0.25) is 14.2 Å². The lowest BCUT2D eigenvalue weighted by Gasteiger charge is -2.09. The zero-order chi connectivity index (χ0) is 18.1. The predicted molar refractivity (Wildman–Crippen MR) is 91.5 cm³/mol. The molecule has 0 fully saturated rings. The maximum Gasteiger partial charge on any atom is 0.333 e. The van der Waals surface area contributed by atoms with Gasteiger partial charge in [0.15, 0.2) is 11.2 Å². The zero-order valence-corrected chi connectivity index (χ0v) is 14.4. The normalized spacial score (nSPS) is 11.0. The third-order valence-electron chi connectivity index (χ3n) is 3.83. The Balaban J connectivity index is 1.87. The highest BCUT2D eigenvalue weighted by molar-refractivity contribution is 6.31. The molecule has 8 nitrogen and oxygen atoms in total. The molecule has 0 saturated carbocycles. The number of imidazole rings is 1. The fourth-order valence-electron chi connectivity index (χ4n) is 2.48. The number of carbonyl (C=O) groups is 1. The molecule has 0 aliphatic rings. The minimum Gasteiger partial charge on any atom is -0.459 e. The average molecular weight is 363 g/mol. The second-order valence-corrected chi connectivity index (χ2v) is 5.92. The van der Waals surface area contributed by atoms with Gasteiger partial charge in [-0.05, 0) is 6.07 Å².